The van der Waals surface area contributed by atoms with E-state index in [1.807, 2.05) is 44.2 Å². The summed E-state index contributed by atoms with van der Waals surface area (Å²) in [6.07, 6.45) is 0.675. The van der Waals surface area contributed by atoms with Crippen LogP contribution in [-0.4, -0.2) is 10.9 Å². The Hall–Kier alpha value is -1.51. The van der Waals surface area contributed by atoms with Crippen molar-refractivity contribution in [3.63, 3.8) is 0 Å². The molecule has 0 fully saturated rings. The number of hydrogen-bond acceptors (Lipinski definition) is 2. The van der Waals surface area contributed by atoms with Gasteiger partial charge in [0, 0.05) is 16.9 Å². The van der Waals surface area contributed by atoms with Crippen LogP contribution in [0.25, 0.3) is 0 Å². The van der Waals surface area contributed by atoms with Gasteiger partial charge in [0.2, 0.25) is 0 Å². The molecular weight excluding hydrogens is 319 g/mol. The zero-order chi connectivity index (χ0) is 16.1. The van der Waals surface area contributed by atoms with Gasteiger partial charge < -0.3 is 5.11 Å². The van der Waals surface area contributed by atoms with E-state index in [2.05, 4.69) is 0 Å². The third-order valence-electron chi connectivity index (χ3n) is 4.78. The van der Waals surface area contributed by atoms with Gasteiger partial charge in [0.25, 0.3) is 0 Å². The molecule has 4 heteroatoms. The Labute approximate surface area is 139 Å². The Morgan fingerprint density at radius 2 is 1.82 bits per heavy atom. The van der Waals surface area contributed by atoms with Gasteiger partial charge in [-0.3, -0.25) is 4.79 Å². The van der Waals surface area contributed by atoms with Crippen molar-refractivity contribution in [2.24, 2.45) is 5.41 Å². The molecule has 22 heavy (non-hydrogen) atoms. The molecule has 2 aromatic rings. The minimum atomic E-state index is -0.593. The highest BCUT2D eigenvalue weighted by molar-refractivity contribution is 6.45. The van der Waals surface area contributed by atoms with Crippen molar-refractivity contribution in [1.82, 2.24) is 0 Å². The number of phenols is 1. The van der Waals surface area contributed by atoms with E-state index in [-0.39, 0.29) is 27.5 Å². The number of phenolic OH excluding ortho intramolecular Hbond substituents is 1. The number of carbonyl (C=O) groups excluding carboxylic acids is 1. The third kappa shape index (κ3) is 1.98. The van der Waals surface area contributed by atoms with Crippen molar-refractivity contribution < 1.29 is 9.90 Å². The van der Waals surface area contributed by atoms with Crippen molar-refractivity contribution in [3.05, 3.63) is 63.1 Å². The first-order chi connectivity index (χ1) is 10.4. The normalized spacial score (nSPS) is 23.6. The van der Waals surface area contributed by atoms with Gasteiger partial charge in [-0.05, 0) is 23.6 Å². The Kier molecular flexibility index (Phi) is 3.70. The Morgan fingerprint density at radius 1 is 1.18 bits per heavy atom. The first-order valence-electron chi connectivity index (χ1n) is 7.22. The van der Waals surface area contributed by atoms with Crippen LogP contribution in [0.3, 0.4) is 0 Å². The summed E-state index contributed by atoms with van der Waals surface area (Å²) in [5.41, 5.74) is 1.65. The van der Waals surface area contributed by atoms with E-state index in [1.165, 1.54) is 0 Å². The van der Waals surface area contributed by atoms with Gasteiger partial charge in [0.1, 0.15) is 10.8 Å². The summed E-state index contributed by atoms with van der Waals surface area (Å²) in [5.74, 6) is -0.230. The molecule has 0 saturated heterocycles. The molecule has 114 valence electrons. The Balaban J connectivity index is 2.33. The van der Waals surface area contributed by atoms with Gasteiger partial charge in [0.05, 0.1) is 5.02 Å². The average Bonchev–Trinajstić information content (AvgIpc) is 2.74. The molecule has 1 aliphatic rings. The maximum atomic E-state index is 13.0. The maximum absolute atomic E-state index is 13.0. The Bertz CT molecular complexity index is 755. The number of halogens is 2. The van der Waals surface area contributed by atoms with Crippen LogP contribution in [0.5, 0.6) is 5.75 Å². The molecule has 2 nitrogen and oxygen atoms in total. The predicted octanol–water partition coefficient (Wildman–Crippen LogP) is 5.44. The summed E-state index contributed by atoms with van der Waals surface area (Å²) >= 11 is 12.3. The minimum absolute atomic E-state index is 0.00856. The van der Waals surface area contributed by atoms with Gasteiger partial charge in [-0.25, -0.2) is 0 Å². The molecule has 2 aromatic carbocycles. The summed E-state index contributed by atoms with van der Waals surface area (Å²) in [4.78, 5) is 13.0. The lowest BCUT2D eigenvalue weighted by molar-refractivity contribution is 0.0817. The first-order valence-corrected chi connectivity index (χ1v) is 7.98. The van der Waals surface area contributed by atoms with Gasteiger partial charge in [-0.15, -0.1) is 0 Å². The van der Waals surface area contributed by atoms with E-state index >= 15 is 0 Å². The van der Waals surface area contributed by atoms with Crippen LogP contribution in [0.15, 0.2) is 36.4 Å². The number of hydrogen-bond donors (Lipinski definition) is 1. The molecule has 0 spiro atoms. The second kappa shape index (κ2) is 5.29. The molecule has 0 saturated carbocycles. The van der Waals surface area contributed by atoms with Gasteiger partial charge >= 0.3 is 0 Å². The standard InChI is InChI=1S/C18H16Cl2O2/c1-3-18(2)14(10-7-5-4-6-8-10)11-9-12(21)15(19)16(20)13(11)17(18)22/h4-9,14,21H,3H2,1-2H3/t14-,18-/m0/s1. The molecule has 0 radical (unpaired) electrons. The SMILES string of the molecule is CC[C@]1(C)C(=O)c2c(cc(O)c(Cl)c2Cl)[C@@H]1c1ccccc1. The molecule has 1 N–H and O–H groups in total. The fraction of sp³-hybridized carbons (Fsp3) is 0.278. The van der Waals surface area contributed by atoms with Crippen LogP contribution in [0, 0.1) is 5.41 Å². The number of carbonyl (C=O) groups is 1. The molecule has 2 atom stereocenters. The fourth-order valence-corrected chi connectivity index (χ4v) is 3.85. The van der Waals surface area contributed by atoms with Crippen molar-refractivity contribution in [2.75, 3.05) is 0 Å². The highest BCUT2D eigenvalue weighted by Gasteiger charge is 2.50. The van der Waals surface area contributed by atoms with Crippen molar-refractivity contribution in [3.8, 4) is 5.75 Å². The summed E-state index contributed by atoms with van der Waals surface area (Å²) in [5, 5.41) is 10.2. The molecule has 1 aliphatic carbocycles. The number of aromatic hydroxyl groups is 1. The van der Waals surface area contributed by atoms with E-state index < -0.39 is 5.41 Å². The predicted molar refractivity (Wildman–Crippen MR) is 89.1 cm³/mol. The summed E-state index contributed by atoms with van der Waals surface area (Å²) < 4.78 is 0. The summed E-state index contributed by atoms with van der Waals surface area (Å²) in [7, 11) is 0. The number of ketones is 1. The van der Waals surface area contributed by atoms with E-state index in [0.717, 1.165) is 11.1 Å². The van der Waals surface area contributed by atoms with Gasteiger partial charge in [-0.1, -0.05) is 67.4 Å². The maximum Gasteiger partial charge on any atom is 0.171 e. The number of benzene rings is 2. The van der Waals surface area contributed by atoms with Crippen LogP contribution in [0.4, 0.5) is 0 Å². The largest absolute Gasteiger partial charge is 0.506 e. The quantitative estimate of drug-likeness (QED) is 0.793. The molecule has 0 unspecified atom stereocenters. The van der Waals surface area contributed by atoms with Crippen LogP contribution in [0.1, 0.15) is 47.7 Å². The van der Waals surface area contributed by atoms with Crippen molar-refractivity contribution >= 4 is 29.0 Å². The van der Waals surface area contributed by atoms with Crippen molar-refractivity contribution in [1.29, 1.82) is 0 Å². The monoisotopic (exact) mass is 334 g/mol. The summed E-state index contributed by atoms with van der Waals surface area (Å²) in [6, 6.07) is 11.4. The molecule has 3 rings (SSSR count). The number of rotatable bonds is 2. The van der Waals surface area contributed by atoms with E-state index in [9.17, 15) is 9.90 Å². The number of Topliss-reactive ketones (excluding diaryl/α,β-unsaturated/α-hetero) is 1. The van der Waals surface area contributed by atoms with Crippen LogP contribution in [-0.2, 0) is 0 Å². The van der Waals surface area contributed by atoms with E-state index in [4.69, 9.17) is 23.2 Å². The Morgan fingerprint density at radius 3 is 2.41 bits per heavy atom. The molecule has 0 bridgehead atoms. The number of fused-ring (bicyclic) bond motifs is 1. The summed E-state index contributed by atoms with van der Waals surface area (Å²) in [6.45, 7) is 3.95. The lowest BCUT2D eigenvalue weighted by Gasteiger charge is -2.29. The topological polar surface area (TPSA) is 37.3 Å². The second-order valence-electron chi connectivity index (χ2n) is 5.93. The van der Waals surface area contributed by atoms with Gasteiger partial charge in [0.15, 0.2) is 5.78 Å². The lowest BCUT2D eigenvalue weighted by atomic mass is 9.72. The zero-order valence-corrected chi connectivity index (χ0v) is 13.9. The highest BCUT2D eigenvalue weighted by Crippen LogP contribution is 2.56. The van der Waals surface area contributed by atoms with E-state index in [0.29, 0.717) is 12.0 Å². The molecule has 0 heterocycles. The smallest absolute Gasteiger partial charge is 0.171 e. The fourth-order valence-electron chi connectivity index (χ4n) is 3.41. The highest BCUT2D eigenvalue weighted by atomic mass is 35.5. The molecule has 0 aliphatic heterocycles. The first kappa shape index (κ1) is 15.4. The molecule has 0 amide bonds. The van der Waals surface area contributed by atoms with Gasteiger partial charge in [-0.2, -0.15) is 0 Å². The van der Waals surface area contributed by atoms with Crippen LogP contribution < -0.4 is 0 Å². The molecular formula is C18H16Cl2O2. The molecule has 0 aromatic heterocycles. The van der Waals surface area contributed by atoms with Crippen molar-refractivity contribution in [2.45, 2.75) is 26.2 Å². The average molecular weight is 335 g/mol. The lowest BCUT2D eigenvalue weighted by Crippen LogP contribution is -2.27. The van der Waals surface area contributed by atoms with Crippen LogP contribution >= 0.6 is 23.2 Å². The third-order valence-corrected chi connectivity index (χ3v) is 5.64. The minimum Gasteiger partial charge on any atom is -0.506 e. The second-order valence-corrected chi connectivity index (χ2v) is 6.69. The zero-order valence-electron chi connectivity index (χ0n) is 12.4. The van der Waals surface area contributed by atoms with Crippen LogP contribution in [0.2, 0.25) is 10.0 Å². The van der Waals surface area contributed by atoms with E-state index in [1.54, 1.807) is 6.07 Å².